The van der Waals surface area contributed by atoms with Crippen LogP contribution >= 0.6 is 23.2 Å². The average Bonchev–Trinajstić information content (AvgIpc) is 3.14. The molecule has 0 saturated carbocycles. The number of likely N-dealkylation sites (N-methyl/N-ethyl adjacent to an activating group) is 2. The summed E-state index contributed by atoms with van der Waals surface area (Å²) < 4.78 is 13.0. The van der Waals surface area contributed by atoms with Gasteiger partial charge in [-0.25, -0.2) is 0 Å². The monoisotopic (exact) mass is 549 g/mol. The van der Waals surface area contributed by atoms with Gasteiger partial charge in [-0.15, -0.1) is 0 Å². The maximum absolute atomic E-state index is 13.2. The van der Waals surface area contributed by atoms with Crippen LogP contribution in [0, 0.1) is 5.92 Å². The summed E-state index contributed by atoms with van der Waals surface area (Å²) in [6.45, 7) is 7.04. The van der Waals surface area contributed by atoms with Gasteiger partial charge in [0.1, 0.15) is 5.75 Å². The smallest absolute Gasteiger partial charge is 0.224 e. The van der Waals surface area contributed by atoms with Gasteiger partial charge in [0.2, 0.25) is 5.91 Å². The van der Waals surface area contributed by atoms with Gasteiger partial charge in [-0.05, 0) is 42.3 Å². The number of amides is 1. The minimum atomic E-state index is -0.865. The number of rotatable bonds is 8. The number of carbonyl (C=O) groups is 1. The number of nitrogens with one attached hydrogen (secondary N) is 1. The fraction of sp³-hybridized carbons (Fsp3) is 0.536. The Morgan fingerprint density at radius 1 is 1.19 bits per heavy atom. The Morgan fingerprint density at radius 3 is 2.53 bits per heavy atom. The zero-order valence-corrected chi connectivity index (χ0v) is 24.0. The molecule has 1 unspecified atom stereocenters. The molecule has 2 atom stereocenters. The summed E-state index contributed by atoms with van der Waals surface area (Å²) in [4.78, 5) is 17.1. The molecule has 5 nitrogen and oxygen atoms in total. The first kappa shape index (κ1) is 27.7. The molecule has 36 heavy (non-hydrogen) atoms. The molecule has 2 heterocycles. The molecule has 2 aromatic rings. The molecule has 0 aromatic heterocycles. The Labute approximate surface area is 228 Å². The lowest BCUT2D eigenvalue weighted by Crippen LogP contribution is -2.53. The first-order chi connectivity index (χ1) is 17.1. The van der Waals surface area contributed by atoms with Crippen LogP contribution in [0.25, 0.3) is 0 Å². The van der Waals surface area contributed by atoms with E-state index in [9.17, 15) is 9.35 Å². The molecule has 1 N–H and O–H groups in total. The second-order valence-corrected chi connectivity index (χ2v) is 13.1. The van der Waals surface area contributed by atoms with Crippen LogP contribution in [0.3, 0.4) is 0 Å². The van der Waals surface area contributed by atoms with Gasteiger partial charge in [0.15, 0.2) is 4.75 Å². The first-order valence-corrected chi connectivity index (χ1v) is 14.8. The summed E-state index contributed by atoms with van der Waals surface area (Å²) in [6, 6.07) is 14.2. The molecule has 8 heteroatoms. The molecular weight excluding hydrogens is 513 g/mol. The van der Waals surface area contributed by atoms with Crippen molar-refractivity contribution < 1.29 is 9.35 Å². The van der Waals surface area contributed by atoms with Crippen molar-refractivity contribution in [3.63, 3.8) is 0 Å². The predicted octanol–water partition coefficient (Wildman–Crippen LogP) is 5.17. The van der Waals surface area contributed by atoms with Crippen LogP contribution in [0.1, 0.15) is 49.8 Å². The predicted molar refractivity (Wildman–Crippen MR) is 150 cm³/mol. The lowest BCUT2D eigenvalue weighted by molar-refractivity contribution is -0.134. The van der Waals surface area contributed by atoms with E-state index in [-0.39, 0.29) is 16.6 Å². The summed E-state index contributed by atoms with van der Waals surface area (Å²) in [5.41, 5.74) is 3.07. The van der Waals surface area contributed by atoms with Gasteiger partial charge in [0.05, 0.1) is 15.6 Å². The summed E-state index contributed by atoms with van der Waals surface area (Å²) >= 11 is 11.8. The molecule has 1 spiro atoms. The van der Waals surface area contributed by atoms with Crippen LogP contribution in [0.2, 0.25) is 10.0 Å². The molecule has 2 aromatic carbocycles. The van der Waals surface area contributed by atoms with Crippen LogP contribution in [0.15, 0.2) is 42.5 Å². The number of nitrogens with zero attached hydrogens (tertiary/aromatic N) is 2. The Balaban J connectivity index is 1.51. The fourth-order valence-corrected chi connectivity index (χ4v) is 8.05. The van der Waals surface area contributed by atoms with E-state index in [1.54, 1.807) is 0 Å². The van der Waals surface area contributed by atoms with E-state index in [2.05, 4.69) is 28.4 Å². The second-order valence-electron chi connectivity index (χ2n) is 10.5. The van der Waals surface area contributed by atoms with Crippen LogP contribution in [0.4, 0.5) is 0 Å². The Kier molecular flexibility index (Phi) is 8.65. The quantitative estimate of drug-likeness (QED) is 0.461. The summed E-state index contributed by atoms with van der Waals surface area (Å²) in [5.74, 6) is 0.704. The van der Waals surface area contributed by atoms with Crippen molar-refractivity contribution in [2.45, 2.75) is 49.1 Å². The molecule has 0 radical (unpaired) electrons. The SMILES string of the molecule is CNC(CCN1CCC2(CC1)c1ccccc1C[S@+]2[O-])(CN(C)C(=O)C(C)C)c1ccc(Cl)c(Cl)c1. The van der Waals surface area contributed by atoms with Crippen molar-refractivity contribution in [3.8, 4) is 0 Å². The molecule has 1 amide bonds. The zero-order chi connectivity index (χ0) is 26.1. The standard InChI is InChI=1S/C28H37Cl2N3O2S/c1-20(2)26(34)32(4)19-27(31-3,22-9-10-24(29)25(30)17-22)11-14-33-15-12-28(13-16-33)23-8-6-5-7-21(23)18-36(28)35/h5-10,17,20,31H,11-16,18-19H2,1-4H3/t27?,36-/m0/s1. The van der Waals surface area contributed by atoms with Gasteiger partial charge in [-0.2, -0.15) is 0 Å². The Bertz CT molecular complexity index is 1090. The van der Waals surface area contributed by atoms with Crippen LogP contribution in [-0.2, 0) is 32.0 Å². The molecule has 0 aliphatic carbocycles. The van der Waals surface area contributed by atoms with E-state index in [0.717, 1.165) is 44.5 Å². The first-order valence-electron chi connectivity index (χ1n) is 12.7. The molecule has 2 aliphatic heterocycles. The second kappa shape index (κ2) is 11.2. The highest BCUT2D eigenvalue weighted by Gasteiger charge is 2.52. The highest BCUT2D eigenvalue weighted by molar-refractivity contribution is 7.92. The number of benzene rings is 2. The zero-order valence-electron chi connectivity index (χ0n) is 21.7. The van der Waals surface area contributed by atoms with Crippen LogP contribution < -0.4 is 5.32 Å². The Morgan fingerprint density at radius 2 is 1.89 bits per heavy atom. The molecule has 1 fully saturated rings. The lowest BCUT2D eigenvalue weighted by atomic mass is 9.84. The fourth-order valence-electron chi connectivity index (χ4n) is 5.86. The molecule has 4 rings (SSSR count). The largest absolute Gasteiger partial charge is 0.615 e. The molecular formula is C28H37Cl2N3O2S. The number of carbonyl (C=O) groups excluding carboxylic acids is 1. The third-order valence-electron chi connectivity index (χ3n) is 8.08. The van der Waals surface area contributed by atoms with Gasteiger partial charge in [-0.3, -0.25) is 4.79 Å². The molecule has 196 valence electrons. The topological polar surface area (TPSA) is 58.6 Å². The molecule has 0 bridgehead atoms. The van der Waals surface area contributed by atoms with E-state index >= 15 is 0 Å². The van der Waals surface area contributed by atoms with Gasteiger partial charge in [0.25, 0.3) is 0 Å². The van der Waals surface area contributed by atoms with E-state index < -0.39 is 16.7 Å². The number of fused-ring (bicyclic) bond motifs is 2. The average molecular weight is 551 g/mol. The normalized spacial score (nSPS) is 20.9. The maximum Gasteiger partial charge on any atom is 0.224 e. The van der Waals surface area contributed by atoms with Crippen molar-refractivity contribution in [2.75, 3.05) is 40.3 Å². The van der Waals surface area contributed by atoms with Crippen molar-refractivity contribution in [1.82, 2.24) is 15.1 Å². The number of likely N-dealkylation sites (tertiary alicyclic amines) is 1. The van der Waals surface area contributed by atoms with E-state index in [0.29, 0.717) is 22.3 Å². The minimum Gasteiger partial charge on any atom is -0.615 e. The van der Waals surface area contributed by atoms with Gasteiger partial charge in [-0.1, -0.05) is 67.4 Å². The molecule has 2 aliphatic rings. The number of halogens is 2. The summed E-state index contributed by atoms with van der Waals surface area (Å²) in [7, 11) is 3.81. The van der Waals surface area contributed by atoms with Gasteiger partial charge in [0, 0.05) is 63.1 Å². The number of hydrogen-bond acceptors (Lipinski definition) is 4. The minimum absolute atomic E-state index is 0.0770. The summed E-state index contributed by atoms with van der Waals surface area (Å²) in [6.07, 6.45) is 2.60. The van der Waals surface area contributed by atoms with Crippen molar-refractivity contribution >= 4 is 40.3 Å². The van der Waals surface area contributed by atoms with E-state index in [1.807, 2.05) is 57.1 Å². The van der Waals surface area contributed by atoms with Crippen LogP contribution in [0.5, 0.6) is 0 Å². The third-order valence-corrected chi connectivity index (χ3v) is 10.9. The maximum atomic E-state index is 13.2. The van der Waals surface area contributed by atoms with E-state index in [1.165, 1.54) is 11.1 Å². The van der Waals surface area contributed by atoms with Gasteiger partial charge >= 0.3 is 0 Å². The van der Waals surface area contributed by atoms with E-state index in [4.69, 9.17) is 23.2 Å². The lowest BCUT2D eigenvalue weighted by Gasteiger charge is -2.42. The van der Waals surface area contributed by atoms with Gasteiger partial charge < -0.3 is 19.7 Å². The highest BCUT2D eigenvalue weighted by Crippen LogP contribution is 2.48. The summed E-state index contributed by atoms with van der Waals surface area (Å²) in [5, 5.41) is 4.57. The van der Waals surface area contributed by atoms with Crippen LogP contribution in [-0.4, -0.2) is 60.5 Å². The van der Waals surface area contributed by atoms with Crippen molar-refractivity contribution in [3.05, 3.63) is 69.2 Å². The highest BCUT2D eigenvalue weighted by atomic mass is 35.5. The number of piperidine rings is 1. The van der Waals surface area contributed by atoms with Crippen molar-refractivity contribution in [2.24, 2.45) is 5.92 Å². The Hall–Kier alpha value is -1.28. The third kappa shape index (κ3) is 5.31. The molecule has 1 saturated heterocycles. The van der Waals surface area contributed by atoms with Crippen molar-refractivity contribution in [1.29, 1.82) is 0 Å². The number of hydrogen-bond donors (Lipinski definition) is 1.